The molecule has 1 atom stereocenters. The quantitative estimate of drug-likeness (QED) is 0.684. The number of aliphatic hydroxyl groups is 1. The van der Waals surface area contributed by atoms with Gasteiger partial charge in [-0.25, -0.2) is 4.98 Å². The molecule has 1 aromatic heterocycles. The van der Waals surface area contributed by atoms with Crippen molar-refractivity contribution in [3.63, 3.8) is 0 Å². The summed E-state index contributed by atoms with van der Waals surface area (Å²) in [4.78, 5) is 20.1. The number of likely N-dealkylation sites (tertiary alicyclic amines) is 1. The third-order valence-electron chi connectivity index (χ3n) is 5.80. The maximum atomic E-state index is 12.4. The molecule has 9 nitrogen and oxygen atoms in total. The van der Waals surface area contributed by atoms with Crippen molar-refractivity contribution in [1.82, 2.24) is 9.88 Å². The van der Waals surface area contributed by atoms with Crippen LogP contribution in [-0.2, 0) is 14.3 Å². The number of ether oxygens (including phenoxy) is 3. The number of amides is 1. The molecule has 0 radical (unpaired) electrons. The summed E-state index contributed by atoms with van der Waals surface area (Å²) in [5.74, 6) is 1.33. The number of nitrogens with zero attached hydrogens (tertiary/aromatic N) is 4. The van der Waals surface area contributed by atoms with Gasteiger partial charge >= 0.3 is 0 Å². The average molecular weight is 465 g/mol. The van der Waals surface area contributed by atoms with E-state index in [2.05, 4.69) is 17.1 Å². The van der Waals surface area contributed by atoms with Gasteiger partial charge in [0.05, 0.1) is 31.7 Å². The predicted octanol–water partition coefficient (Wildman–Crippen LogP) is 3.10. The van der Waals surface area contributed by atoms with E-state index < -0.39 is 5.60 Å². The van der Waals surface area contributed by atoms with Crippen LogP contribution in [0.5, 0.6) is 5.88 Å². The minimum Gasteiger partial charge on any atom is -0.488 e. The van der Waals surface area contributed by atoms with Gasteiger partial charge in [-0.3, -0.25) is 4.79 Å². The second-order valence-electron chi connectivity index (χ2n) is 8.79. The molecule has 3 heterocycles. The highest BCUT2D eigenvalue weighted by Gasteiger charge is 2.35. The second-order valence-corrected chi connectivity index (χ2v) is 8.79. The van der Waals surface area contributed by atoms with E-state index in [0.717, 1.165) is 18.4 Å². The van der Waals surface area contributed by atoms with Crippen LogP contribution in [0.3, 0.4) is 0 Å². The zero-order chi connectivity index (χ0) is 24.3. The van der Waals surface area contributed by atoms with E-state index in [1.165, 1.54) is 21.0 Å². The summed E-state index contributed by atoms with van der Waals surface area (Å²) >= 11 is 0. The average Bonchev–Trinajstić information content (AvgIpc) is 3.31. The van der Waals surface area contributed by atoms with Crippen LogP contribution in [0.25, 0.3) is 0 Å². The number of aromatic nitrogens is 1. The third kappa shape index (κ3) is 4.92. The molecule has 4 rings (SSSR count). The molecule has 1 N–H and O–H groups in total. The molecule has 1 amide bonds. The highest BCUT2D eigenvalue weighted by Crippen LogP contribution is 2.33. The first-order valence-corrected chi connectivity index (χ1v) is 11.2. The second kappa shape index (κ2) is 9.61. The van der Waals surface area contributed by atoms with E-state index in [1.807, 2.05) is 17.2 Å². The van der Waals surface area contributed by atoms with Crippen LogP contribution in [0.1, 0.15) is 38.7 Å². The van der Waals surface area contributed by atoms with E-state index >= 15 is 0 Å². The number of hydrogen-bond acceptors (Lipinski definition) is 8. The first kappa shape index (κ1) is 23.4. The number of allylic oxidation sites excluding steroid dienone is 3. The fraction of sp³-hybridized carbons (Fsp3) is 0.400. The van der Waals surface area contributed by atoms with Gasteiger partial charge in [-0.1, -0.05) is 6.08 Å². The van der Waals surface area contributed by atoms with Gasteiger partial charge in [0.25, 0.3) is 5.91 Å². The Bertz CT molecular complexity index is 1120. The number of carbonyl (C=O) groups is 1. The molecule has 178 valence electrons. The van der Waals surface area contributed by atoms with E-state index in [4.69, 9.17) is 14.2 Å². The Morgan fingerprint density at radius 2 is 2.24 bits per heavy atom. The first-order valence-electron chi connectivity index (χ1n) is 11.2. The molecule has 0 saturated carbocycles. The minimum absolute atomic E-state index is 0.168. The summed E-state index contributed by atoms with van der Waals surface area (Å²) in [5.41, 5.74) is 0.555. The van der Waals surface area contributed by atoms with Crippen LogP contribution in [0.4, 0.5) is 5.69 Å². The van der Waals surface area contributed by atoms with E-state index in [1.54, 1.807) is 29.6 Å². The van der Waals surface area contributed by atoms with Crippen LogP contribution in [0.2, 0.25) is 0 Å². The van der Waals surface area contributed by atoms with Gasteiger partial charge in [-0.2, -0.15) is 5.26 Å². The molecule has 0 spiro atoms. The lowest BCUT2D eigenvalue weighted by Crippen LogP contribution is -2.44. The van der Waals surface area contributed by atoms with Crippen LogP contribution in [-0.4, -0.2) is 52.8 Å². The van der Waals surface area contributed by atoms with Gasteiger partial charge in [0.15, 0.2) is 0 Å². The Labute approximate surface area is 198 Å². The largest absolute Gasteiger partial charge is 0.488 e. The number of carbonyl (C=O) groups excluding carboxylic acids is 1. The smallest absolute Gasteiger partial charge is 0.254 e. The molecule has 1 saturated heterocycles. The summed E-state index contributed by atoms with van der Waals surface area (Å²) in [6.07, 6.45) is 12.9. The van der Waals surface area contributed by atoms with Gasteiger partial charge in [-0.15, -0.1) is 0 Å². The molecular formula is C25H28N4O5. The van der Waals surface area contributed by atoms with Crippen molar-refractivity contribution in [2.24, 2.45) is 0 Å². The fourth-order valence-corrected chi connectivity index (χ4v) is 4.08. The summed E-state index contributed by atoms with van der Waals surface area (Å²) in [6.45, 7) is 3.96. The number of methoxy groups -OCH3 is 1. The number of anilines is 1. The number of nitriles is 1. The Kier molecular flexibility index (Phi) is 6.61. The molecule has 34 heavy (non-hydrogen) atoms. The van der Waals surface area contributed by atoms with Gasteiger partial charge in [0.2, 0.25) is 5.88 Å². The maximum Gasteiger partial charge on any atom is 0.254 e. The topological polar surface area (TPSA) is 108 Å². The lowest BCUT2D eigenvalue weighted by atomic mass is 10.0. The van der Waals surface area contributed by atoms with Crippen LogP contribution < -0.4 is 9.64 Å². The van der Waals surface area contributed by atoms with E-state index in [-0.39, 0.29) is 17.9 Å². The molecule has 0 bridgehead atoms. The van der Waals surface area contributed by atoms with Gasteiger partial charge in [0.1, 0.15) is 41.1 Å². The first-order chi connectivity index (χ1) is 16.3. The molecule has 3 aliphatic rings. The standard InChI is InChI=1S/C25H28N4O5/c1-25(2,31)24(30)29-9-8-19(15-29)34-21-7-5-4-6-20(21)22-16-28(10-11-33-22)18-12-17(13-26)23(32-3)27-14-18/h5,7,10-12,14,16,19,31H,4,6,8-9,15H2,1-3H3/t19-/m0/s1. The Morgan fingerprint density at radius 3 is 2.97 bits per heavy atom. The summed E-state index contributed by atoms with van der Waals surface area (Å²) < 4.78 is 17.3. The van der Waals surface area contributed by atoms with E-state index in [9.17, 15) is 15.2 Å². The number of rotatable bonds is 6. The highest BCUT2D eigenvalue weighted by atomic mass is 16.5. The Hall–Kier alpha value is -3.77. The van der Waals surface area contributed by atoms with Crippen molar-refractivity contribution in [2.45, 2.75) is 44.8 Å². The lowest BCUT2D eigenvalue weighted by molar-refractivity contribution is -0.147. The van der Waals surface area contributed by atoms with Crippen molar-refractivity contribution in [2.75, 3.05) is 25.1 Å². The molecule has 0 unspecified atom stereocenters. The molecular weight excluding hydrogens is 436 g/mol. The minimum atomic E-state index is -1.40. The molecule has 0 aromatic carbocycles. The van der Waals surface area contributed by atoms with E-state index in [0.29, 0.717) is 42.3 Å². The normalized spacial score (nSPS) is 20.1. The van der Waals surface area contributed by atoms with Crippen molar-refractivity contribution in [3.05, 3.63) is 65.7 Å². The van der Waals surface area contributed by atoms with Gasteiger partial charge < -0.3 is 29.1 Å². The zero-order valence-corrected chi connectivity index (χ0v) is 19.5. The van der Waals surface area contributed by atoms with Crippen molar-refractivity contribution in [3.8, 4) is 11.9 Å². The highest BCUT2D eigenvalue weighted by molar-refractivity contribution is 5.84. The van der Waals surface area contributed by atoms with Gasteiger partial charge in [0, 0.05) is 24.7 Å². The summed E-state index contributed by atoms with van der Waals surface area (Å²) in [6, 6.07) is 3.80. The molecule has 2 aliphatic heterocycles. The SMILES string of the molecule is COc1ncc(N2C=COC(C3=C(O[C@H]4CCN(C(=O)C(C)(C)O)C4)C=CCC3)=C2)cc1C#N. The summed E-state index contributed by atoms with van der Waals surface area (Å²) in [5, 5.41) is 19.4. The van der Waals surface area contributed by atoms with Crippen LogP contribution >= 0.6 is 0 Å². The molecule has 1 aliphatic carbocycles. The Morgan fingerprint density at radius 1 is 1.41 bits per heavy atom. The van der Waals surface area contributed by atoms with Crippen molar-refractivity contribution < 1.29 is 24.1 Å². The van der Waals surface area contributed by atoms with Crippen molar-refractivity contribution >= 4 is 11.6 Å². The number of hydrogen-bond donors (Lipinski definition) is 1. The third-order valence-corrected chi connectivity index (χ3v) is 5.80. The molecule has 9 heteroatoms. The number of pyridine rings is 1. The van der Waals surface area contributed by atoms with Gasteiger partial charge in [-0.05, 0) is 38.8 Å². The van der Waals surface area contributed by atoms with Crippen molar-refractivity contribution in [1.29, 1.82) is 5.26 Å². The van der Waals surface area contributed by atoms with Crippen LogP contribution in [0, 0.1) is 11.3 Å². The monoisotopic (exact) mass is 464 g/mol. The lowest BCUT2D eigenvalue weighted by Gasteiger charge is -2.26. The summed E-state index contributed by atoms with van der Waals surface area (Å²) in [7, 11) is 1.48. The predicted molar refractivity (Wildman–Crippen MR) is 124 cm³/mol. The zero-order valence-electron chi connectivity index (χ0n) is 19.5. The fourth-order valence-electron chi connectivity index (χ4n) is 4.08. The Balaban J connectivity index is 1.54. The molecule has 1 fully saturated rings. The maximum absolute atomic E-state index is 12.4. The molecule has 1 aromatic rings. The van der Waals surface area contributed by atoms with Crippen LogP contribution in [0.15, 0.2) is 60.2 Å².